The topological polar surface area (TPSA) is 86.2 Å². The van der Waals surface area contributed by atoms with Gasteiger partial charge in [-0.05, 0) is 48.0 Å². The van der Waals surface area contributed by atoms with Crippen molar-refractivity contribution in [2.75, 3.05) is 13.7 Å². The summed E-state index contributed by atoms with van der Waals surface area (Å²) in [4.78, 5) is 22.7. The molecule has 0 aromatic heterocycles. The standard InChI is InChI=1S/C18H17ClN2O5/c1-12(22)26-16-8-3-13(9-17(16)24-2)10-20-21-18(23)11-25-15-6-4-14(19)5-7-15/h3-10H,11H2,1-2H3,(H,21,23)/b20-10-. The van der Waals surface area contributed by atoms with E-state index in [0.717, 1.165) is 0 Å². The van der Waals surface area contributed by atoms with Gasteiger partial charge in [0.25, 0.3) is 5.91 Å². The number of hydrogen-bond donors (Lipinski definition) is 1. The molecule has 1 N–H and O–H groups in total. The molecule has 0 unspecified atom stereocenters. The summed E-state index contributed by atoms with van der Waals surface area (Å²) < 4.78 is 15.5. The summed E-state index contributed by atoms with van der Waals surface area (Å²) in [6, 6.07) is 11.5. The van der Waals surface area contributed by atoms with Crippen LogP contribution in [0.2, 0.25) is 5.02 Å². The third kappa shape index (κ3) is 6.10. The number of hydrogen-bond acceptors (Lipinski definition) is 6. The fourth-order valence-electron chi connectivity index (χ4n) is 1.89. The summed E-state index contributed by atoms with van der Waals surface area (Å²) >= 11 is 5.77. The highest BCUT2D eigenvalue weighted by Crippen LogP contribution is 2.27. The second-order valence-electron chi connectivity index (χ2n) is 5.04. The van der Waals surface area contributed by atoms with Gasteiger partial charge in [0.15, 0.2) is 18.1 Å². The molecular weight excluding hydrogens is 360 g/mol. The summed E-state index contributed by atoms with van der Waals surface area (Å²) in [6.45, 7) is 1.12. The molecule has 8 heteroatoms. The van der Waals surface area contributed by atoms with Crippen LogP contribution in [-0.4, -0.2) is 31.8 Å². The summed E-state index contributed by atoms with van der Waals surface area (Å²) in [5.41, 5.74) is 3.00. The summed E-state index contributed by atoms with van der Waals surface area (Å²) in [5.74, 6) is 0.343. The van der Waals surface area contributed by atoms with Crippen molar-refractivity contribution in [1.82, 2.24) is 5.43 Å². The zero-order valence-corrected chi connectivity index (χ0v) is 14.9. The molecule has 2 aromatic rings. The van der Waals surface area contributed by atoms with E-state index in [-0.39, 0.29) is 6.61 Å². The molecule has 0 spiro atoms. The lowest BCUT2D eigenvalue weighted by Crippen LogP contribution is -2.24. The smallest absolute Gasteiger partial charge is 0.308 e. The monoisotopic (exact) mass is 376 g/mol. The Morgan fingerprint density at radius 2 is 1.88 bits per heavy atom. The average Bonchev–Trinajstić information content (AvgIpc) is 2.62. The maximum absolute atomic E-state index is 11.7. The molecule has 0 aliphatic heterocycles. The number of rotatable bonds is 7. The number of carbonyl (C=O) groups excluding carboxylic acids is 2. The molecule has 0 aliphatic rings. The first-order valence-corrected chi connectivity index (χ1v) is 7.92. The van der Waals surface area contributed by atoms with Gasteiger partial charge in [-0.25, -0.2) is 5.43 Å². The van der Waals surface area contributed by atoms with Gasteiger partial charge < -0.3 is 14.2 Å². The van der Waals surface area contributed by atoms with E-state index in [9.17, 15) is 9.59 Å². The molecule has 0 saturated heterocycles. The van der Waals surface area contributed by atoms with Gasteiger partial charge in [-0.15, -0.1) is 0 Å². The van der Waals surface area contributed by atoms with Crippen molar-refractivity contribution in [2.45, 2.75) is 6.92 Å². The van der Waals surface area contributed by atoms with Crippen molar-refractivity contribution < 1.29 is 23.8 Å². The Kier molecular flexibility index (Phi) is 6.99. The fourth-order valence-corrected chi connectivity index (χ4v) is 2.02. The summed E-state index contributed by atoms with van der Waals surface area (Å²) in [5, 5.41) is 4.43. The molecule has 0 bridgehead atoms. The third-order valence-corrected chi connectivity index (χ3v) is 3.28. The summed E-state index contributed by atoms with van der Waals surface area (Å²) in [6.07, 6.45) is 1.43. The Hall–Kier alpha value is -3.06. The summed E-state index contributed by atoms with van der Waals surface area (Å²) in [7, 11) is 1.46. The van der Waals surface area contributed by atoms with E-state index in [1.54, 1.807) is 42.5 Å². The van der Waals surface area contributed by atoms with Crippen LogP contribution >= 0.6 is 11.6 Å². The van der Waals surface area contributed by atoms with E-state index in [1.165, 1.54) is 20.2 Å². The van der Waals surface area contributed by atoms with Crippen LogP contribution in [0.5, 0.6) is 17.2 Å². The second-order valence-corrected chi connectivity index (χ2v) is 5.48. The normalized spacial score (nSPS) is 10.4. The van der Waals surface area contributed by atoms with Gasteiger partial charge in [-0.3, -0.25) is 9.59 Å². The Labute approximate surface area is 155 Å². The van der Waals surface area contributed by atoms with E-state index in [0.29, 0.717) is 27.8 Å². The lowest BCUT2D eigenvalue weighted by atomic mass is 10.2. The molecule has 1 amide bonds. The number of esters is 1. The molecular formula is C18H17ClN2O5. The molecule has 0 atom stereocenters. The Morgan fingerprint density at radius 1 is 1.15 bits per heavy atom. The SMILES string of the molecule is COc1cc(/C=N\NC(=O)COc2ccc(Cl)cc2)ccc1OC(C)=O. The number of nitrogens with zero attached hydrogens (tertiary/aromatic N) is 1. The minimum Gasteiger partial charge on any atom is -0.493 e. The van der Waals surface area contributed by atoms with E-state index < -0.39 is 11.9 Å². The minimum absolute atomic E-state index is 0.187. The molecule has 0 heterocycles. The number of halogens is 1. The highest BCUT2D eigenvalue weighted by molar-refractivity contribution is 6.30. The third-order valence-electron chi connectivity index (χ3n) is 3.03. The van der Waals surface area contributed by atoms with E-state index in [1.807, 2.05) is 0 Å². The van der Waals surface area contributed by atoms with Gasteiger partial charge in [0.2, 0.25) is 0 Å². The van der Waals surface area contributed by atoms with Crippen LogP contribution in [0.4, 0.5) is 0 Å². The molecule has 0 radical (unpaired) electrons. The predicted octanol–water partition coefficient (Wildman–Crippen LogP) is 2.80. The van der Waals surface area contributed by atoms with E-state index in [4.69, 9.17) is 25.8 Å². The molecule has 7 nitrogen and oxygen atoms in total. The van der Waals surface area contributed by atoms with Crippen LogP contribution in [0.25, 0.3) is 0 Å². The molecule has 2 rings (SSSR count). The zero-order valence-electron chi connectivity index (χ0n) is 14.2. The first kappa shape index (κ1) is 19.3. The highest BCUT2D eigenvalue weighted by atomic mass is 35.5. The van der Waals surface area contributed by atoms with Crippen LogP contribution in [0.1, 0.15) is 12.5 Å². The number of ether oxygens (including phenoxy) is 3. The lowest BCUT2D eigenvalue weighted by molar-refractivity contribution is -0.132. The van der Waals surface area contributed by atoms with Gasteiger partial charge >= 0.3 is 5.97 Å². The van der Waals surface area contributed by atoms with Gasteiger partial charge in [-0.2, -0.15) is 5.10 Å². The molecule has 26 heavy (non-hydrogen) atoms. The lowest BCUT2D eigenvalue weighted by Gasteiger charge is -2.08. The largest absolute Gasteiger partial charge is 0.493 e. The quantitative estimate of drug-likeness (QED) is 0.347. The van der Waals surface area contributed by atoms with Gasteiger partial charge in [0.1, 0.15) is 5.75 Å². The van der Waals surface area contributed by atoms with Crippen molar-refractivity contribution >= 4 is 29.7 Å². The molecule has 0 aliphatic carbocycles. The zero-order chi connectivity index (χ0) is 18.9. The van der Waals surface area contributed by atoms with Crippen LogP contribution in [0.15, 0.2) is 47.6 Å². The van der Waals surface area contributed by atoms with E-state index in [2.05, 4.69) is 10.5 Å². The van der Waals surface area contributed by atoms with Crippen molar-refractivity contribution in [3.63, 3.8) is 0 Å². The Morgan fingerprint density at radius 3 is 2.54 bits per heavy atom. The first-order valence-electron chi connectivity index (χ1n) is 7.54. The van der Waals surface area contributed by atoms with Crippen molar-refractivity contribution in [3.05, 3.63) is 53.1 Å². The molecule has 0 fully saturated rings. The van der Waals surface area contributed by atoms with Gasteiger partial charge in [0, 0.05) is 11.9 Å². The maximum atomic E-state index is 11.7. The number of carbonyl (C=O) groups is 2. The van der Waals surface area contributed by atoms with Crippen LogP contribution in [-0.2, 0) is 9.59 Å². The minimum atomic E-state index is -0.447. The van der Waals surface area contributed by atoms with Crippen LogP contribution < -0.4 is 19.6 Å². The number of methoxy groups -OCH3 is 1. The van der Waals surface area contributed by atoms with Crippen LogP contribution in [0, 0.1) is 0 Å². The highest BCUT2D eigenvalue weighted by Gasteiger charge is 2.07. The number of nitrogens with one attached hydrogen (secondary N) is 1. The van der Waals surface area contributed by atoms with Gasteiger partial charge in [-0.1, -0.05) is 11.6 Å². The first-order chi connectivity index (χ1) is 12.5. The average molecular weight is 377 g/mol. The van der Waals surface area contributed by atoms with Crippen molar-refractivity contribution in [3.8, 4) is 17.2 Å². The van der Waals surface area contributed by atoms with Crippen molar-refractivity contribution in [2.24, 2.45) is 5.10 Å². The number of benzene rings is 2. The number of hydrazone groups is 1. The second kappa shape index (κ2) is 9.43. The Bertz CT molecular complexity index is 806. The predicted molar refractivity (Wildman–Crippen MR) is 97.0 cm³/mol. The molecule has 2 aromatic carbocycles. The van der Waals surface area contributed by atoms with E-state index >= 15 is 0 Å². The number of amides is 1. The fraction of sp³-hybridized carbons (Fsp3) is 0.167. The van der Waals surface area contributed by atoms with Crippen LogP contribution in [0.3, 0.4) is 0 Å². The maximum Gasteiger partial charge on any atom is 0.308 e. The van der Waals surface area contributed by atoms with Crippen molar-refractivity contribution in [1.29, 1.82) is 0 Å². The Balaban J connectivity index is 1.87. The molecule has 136 valence electrons. The van der Waals surface area contributed by atoms with Gasteiger partial charge in [0.05, 0.1) is 13.3 Å². The molecule has 0 saturated carbocycles.